The molecule has 1 unspecified atom stereocenters. The molecular weight excluding hydrogens is 406 g/mol. The van der Waals surface area contributed by atoms with Gasteiger partial charge in [-0.1, -0.05) is 57.2 Å². The van der Waals surface area contributed by atoms with Crippen molar-refractivity contribution >= 4 is 16.8 Å². The predicted octanol–water partition coefficient (Wildman–Crippen LogP) is 6.92. The summed E-state index contributed by atoms with van der Waals surface area (Å²) < 4.78 is 0. The monoisotopic (exact) mass is 437 g/mol. The lowest BCUT2D eigenvalue weighted by Crippen LogP contribution is -2.16. The molecule has 33 heavy (non-hydrogen) atoms. The number of benzene rings is 2. The summed E-state index contributed by atoms with van der Waals surface area (Å²) in [5, 5.41) is 1.04. The van der Waals surface area contributed by atoms with Crippen LogP contribution in [0, 0.1) is 6.92 Å². The number of nitrogens with zero attached hydrogens (tertiary/aromatic N) is 2. The van der Waals surface area contributed by atoms with E-state index in [-0.39, 0.29) is 17.1 Å². The Hall–Kier alpha value is -3.27. The molecule has 4 nitrogen and oxygen atoms in total. The lowest BCUT2D eigenvalue weighted by molar-refractivity contribution is 0.0971. The van der Waals surface area contributed by atoms with Crippen molar-refractivity contribution in [2.24, 2.45) is 0 Å². The van der Waals surface area contributed by atoms with Gasteiger partial charge in [0.25, 0.3) is 0 Å². The van der Waals surface area contributed by atoms with Crippen LogP contribution in [0.3, 0.4) is 0 Å². The van der Waals surface area contributed by atoms with Gasteiger partial charge < -0.3 is 4.98 Å². The number of carbonyl (C=O) groups excluding carboxylic acids is 1. The first-order valence-corrected chi connectivity index (χ1v) is 11.9. The Morgan fingerprint density at radius 2 is 1.85 bits per heavy atom. The standard InChI is InChI=1S/C29H31N3O/c1-18-22-7-5-6-20(16-26(33)19-8-10-21(11-9-19)29(2,3)4)24(22)13-12-23(18)27-25-14-15-30-28(25)32-17-31-27/h8-15,17,20H,5-7,16H2,1-4H3,(H,30,31,32). The van der Waals surface area contributed by atoms with Crippen LogP contribution >= 0.6 is 0 Å². The van der Waals surface area contributed by atoms with Crippen LogP contribution in [0.25, 0.3) is 22.3 Å². The second-order valence-corrected chi connectivity index (χ2v) is 10.3. The number of H-pyrrole nitrogens is 1. The minimum Gasteiger partial charge on any atom is -0.346 e. The summed E-state index contributed by atoms with van der Waals surface area (Å²) in [5.41, 5.74) is 9.16. The topological polar surface area (TPSA) is 58.6 Å². The van der Waals surface area contributed by atoms with Gasteiger partial charge in [0, 0.05) is 29.1 Å². The highest BCUT2D eigenvalue weighted by atomic mass is 16.1. The fraction of sp³-hybridized carbons (Fsp3) is 0.345. The lowest BCUT2D eigenvalue weighted by Gasteiger charge is -2.28. The number of aromatic amines is 1. The molecule has 5 rings (SSSR count). The van der Waals surface area contributed by atoms with E-state index in [4.69, 9.17) is 0 Å². The highest BCUT2D eigenvalue weighted by molar-refractivity contribution is 5.97. The van der Waals surface area contributed by atoms with Gasteiger partial charge in [-0.3, -0.25) is 4.79 Å². The third-order valence-electron chi connectivity index (χ3n) is 7.17. The summed E-state index contributed by atoms with van der Waals surface area (Å²) in [6.07, 6.45) is 7.33. The van der Waals surface area contributed by atoms with E-state index in [1.165, 1.54) is 22.3 Å². The Kier molecular flexibility index (Phi) is 5.40. The Labute approximate surface area is 195 Å². The fourth-order valence-corrected chi connectivity index (χ4v) is 5.23. The minimum absolute atomic E-state index is 0.0920. The maximum atomic E-state index is 13.2. The van der Waals surface area contributed by atoms with Crippen molar-refractivity contribution < 1.29 is 4.79 Å². The number of hydrogen-bond acceptors (Lipinski definition) is 3. The molecule has 4 aromatic rings. The number of carbonyl (C=O) groups is 1. The zero-order chi connectivity index (χ0) is 23.2. The molecular formula is C29H31N3O. The average Bonchev–Trinajstić information content (AvgIpc) is 3.29. The Morgan fingerprint density at radius 3 is 2.61 bits per heavy atom. The van der Waals surface area contributed by atoms with Gasteiger partial charge in [-0.05, 0) is 65.8 Å². The predicted molar refractivity (Wildman–Crippen MR) is 134 cm³/mol. The van der Waals surface area contributed by atoms with Crippen molar-refractivity contribution in [3.05, 3.63) is 82.8 Å². The molecule has 0 radical (unpaired) electrons. The number of rotatable bonds is 4. The summed E-state index contributed by atoms with van der Waals surface area (Å²) in [5.74, 6) is 0.508. The normalized spacial score (nSPS) is 16.1. The first-order chi connectivity index (χ1) is 15.8. The molecule has 1 aliphatic carbocycles. The highest BCUT2D eigenvalue weighted by Gasteiger charge is 2.26. The van der Waals surface area contributed by atoms with Gasteiger partial charge in [-0.25, -0.2) is 9.97 Å². The summed E-state index contributed by atoms with van der Waals surface area (Å²) in [6, 6.07) is 14.7. The van der Waals surface area contributed by atoms with Crippen molar-refractivity contribution in [2.45, 2.75) is 64.7 Å². The van der Waals surface area contributed by atoms with E-state index in [1.54, 1.807) is 6.33 Å². The molecule has 1 atom stereocenters. The fourth-order valence-electron chi connectivity index (χ4n) is 5.23. The molecule has 168 valence electrons. The maximum Gasteiger partial charge on any atom is 0.163 e. The Morgan fingerprint density at radius 1 is 1.06 bits per heavy atom. The molecule has 2 aromatic carbocycles. The molecule has 1 N–H and O–H groups in total. The largest absolute Gasteiger partial charge is 0.346 e. The molecule has 0 fully saturated rings. The van der Waals surface area contributed by atoms with Crippen LogP contribution in [-0.2, 0) is 11.8 Å². The Balaban J connectivity index is 1.43. The van der Waals surface area contributed by atoms with Gasteiger partial charge in [0.05, 0.1) is 5.69 Å². The molecule has 2 heterocycles. The number of nitrogens with one attached hydrogen (secondary N) is 1. The van der Waals surface area contributed by atoms with E-state index >= 15 is 0 Å². The first-order valence-electron chi connectivity index (χ1n) is 11.9. The van der Waals surface area contributed by atoms with E-state index in [9.17, 15) is 4.79 Å². The van der Waals surface area contributed by atoms with E-state index in [0.717, 1.165) is 47.1 Å². The smallest absolute Gasteiger partial charge is 0.163 e. The highest BCUT2D eigenvalue weighted by Crippen LogP contribution is 2.40. The molecule has 2 aromatic heterocycles. The molecule has 0 spiro atoms. The van der Waals surface area contributed by atoms with E-state index in [1.807, 2.05) is 24.4 Å². The second-order valence-electron chi connectivity index (χ2n) is 10.3. The van der Waals surface area contributed by atoms with Crippen LogP contribution in [0.2, 0.25) is 0 Å². The quantitative estimate of drug-likeness (QED) is 0.352. The van der Waals surface area contributed by atoms with E-state index < -0.39 is 0 Å². The third-order valence-corrected chi connectivity index (χ3v) is 7.17. The molecule has 0 bridgehead atoms. The van der Waals surface area contributed by atoms with Gasteiger partial charge >= 0.3 is 0 Å². The summed E-state index contributed by atoms with van der Waals surface area (Å²) >= 11 is 0. The van der Waals surface area contributed by atoms with Crippen LogP contribution < -0.4 is 0 Å². The summed E-state index contributed by atoms with van der Waals surface area (Å²) in [7, 11) is 0. The molecule has 0 saturated carbocycles. The second kappa shape index (κ2) is 8.26. The van der Waals surface area contributed by atoms with Crippen LogP contribution in [0.1, 0.15) is 78.6 Å². The van der Waals surface area contributed by atoms with Gasteiger partial charge in [0.15, 0.2) is 5.78 Å². The van der Waals surface area contributed by atoms with Crippen molar-refractivity contribution in [1.29, 1.82) is 0 Å². The van der Waals surface area contributed by atoms with Crippen molar-refractivity contribution in [3.8, 4) is 11.3 Å². The SMILES string of the molecule is Cc1c(-c2ncnc3[nH]ccc23)ccc2c1CCCC2CC(=O)c1ccc(C(C)(C)C)cc1. The minimum atomic E-state index is 0.0920. The zero-order valence-electron chi connectivity index (χ0n) is 19.9. The molecule has 4 heteroatoms. The van der Waals surface area contributed by atoms with Crippen molar-refractivity contribution in [1.82, 2.24) is 15.0 Å². The average molecular weight is 438 g/mol. The van der Waals surface area contributed by atoms with Gasteiger partial charge in [-0.15, -0.1) is 0 Å². The molecule has 0 aliphatic heterocycles. The number of hydrogen-bond donors (Lipinski definition) is 1. The summed E-state index contributed by atoms with van der Waals surface area (Å²) in [6.45, 7) is 8.79. The van der Waals surface area contributed by atoms with Crippen LogP contribution in [0.4, 0.5) is 0 Å². The summed E-state index contributed by atoms with van der Waals surface area (Å²) in [4.78, 5) is 25.3. The van der Waals surface area contributed by atoms with Crippen molar-refractivity contribution in [3.63, 3.8) is 0 Å². The lowest BCUT2D eigenvalue weighted by atomic mass is 9.76. The van der Waals surface area contributed by atoms with E-state index in [2.05, 4.69) is 66.9 Å². The van der Waals surface area contributed by atoms with Crippen LogP contribution in [-0.4, -0.2) is 20.7 Å². The van der Waals surface area contributed by atoms with Gasteiger partial charge in [0.1, 0.15) is 12.0 Å². The van der Waals surface area contributed by atoms with Crippen molar-refractivity contribution in [2.75, 3.05) is 0 Å². The third kappa shape index (κ3) is 3.99. The first kappa shape index (κ1) is 21.6. The molecule has 0 saturated heterocycles. The van der Waals surface area contributed by atoms with Gasteiger partial charge in [-0.2, -0.15) is 0 Å². The van der Waals surface area contributed by atoms with Crippen LogP contribution in [0.5, 0.6) is 0 Å². The van der Waals surface area contributed by atoms with E-state index in [0.29, 0.717) is 6.42 Å². The Bertz CT molecular complexity index is 1330. The number of Topliss-reactive ketones (excluding diaryl/α,β-unsaturated/α-hetero) is 1. The number of aromatic nitrogens is 3. The zero-order valence-corrected chi connectivity index (χ0v) is 19.9. The van der Waals surface area contributed by atoms with Gasteiger partial charge in [0.2, 0.25) is 0 Å². The maximum absolute atomic E-state index is 13.2. The number of fused-ring (bicyclic) bond motifs is 2. The molecule has 1 aliphatic rings. The van der Waals surface area contributed by atoms with Crippen LogP contribution in [0.15, 0.2) is 55.0 Å². The molecule has 0 amide bonds. The number of ketones is 1.